The second-order valence-electron chi connectivity index (χ2n) is 5.48. The van der Waals surface area contributed by atoms with E-state index in [0.29, 0.717) is 22.7 Å². The third kappa shape index (κ3) is 4.16. The SMILES string of the molecule is Cn1cc(/C=C(\C#N)C(=O)Nc2ccccc2Oc2ccccc2)cn1. The maximum Gasteiger partial charge on any atom is 0.266 e. The first-order valence-corrected chi connectivity index (χ1v) is 7.89. The Morgan fingerprint density at radius 1 is 1.19 bits per heavy atom. The fraction of sp³-hybridized carbons (Fsp3) is 0.0500. The monoisotopic (exact) mass is 344 g/mol. The molecule has 0 saturated carbocycles. The van der Waals surface area contributed by atoms with Gasteiger partial charge in [0.1, 0.15) is 17.4 Å². The van der Waals surface area contributed by atoms with Gasteiger partial charge in [-0.05, 0) is 30.3 Å². The molecule has 128 valence electrons. The third-order valence-electron chi connectivity index (χ3n) is 3.51. The van der Waals surface area contributed by atoms with Gasteiger partial charge in [0.25, 0.3) is 5.91 Å². The number of nitrogens with zero attached hydrogens (tertiary/aromatic N) is 3. The van der Waals surface area contributed by atoms with Crippen LogP contribution in [0.2, 0.25) is 0 Å². The van der Waals surface area contributed by atoms with E-state index in [-0.39, 0.29) is 5.57 Å². The molecule has 0 aliphatic heterocycles. The van der Waals surface area contributed by atoms with E-state index in [9.17, 15) is 10.1 Å². The maximum atomic E-state index is 12.5. The summed E-state index contributed by atoms with van der Waals surface area (Å²) >= 11 is 0. The zero-order valence-electron chi connectivity index (χ0n) is 14.1. The van der Waals surface area contributed by atoms with Gasteiger partial charge in [0, 0.05) is 18.8 Å². The summed E-state index contributed by atoms with van der Waals surface area (Å²) in [4.78, 5) is 12.5. The molecule has 1 heterocycles. The van der Waals surface area contributed by atoms with E-state index >= 15 is 0 Å². The number of anilines is 1. The Labute approximate surface area is 151 Å². The molecule has 0 unspecified atom stereocenters. The van der Waals surface area contributed by atoms with E-state index < -0.39 is 5.91 Å². The van der Waals surface area contributed by atoms with Gasteiger partial charge in [-0.25, -0.2) is 0 Å². The maximum absolute atomic E-state index is 12.5. The number of aromatic nitrogens is 2. The minimum absolute atomic E-state index is 0.0208. The van der Waals surface area contributed by atoms with Crippen molar-refractivity contribution in [2.75, 3.05) is 5.32 Å². The first-order chi connectivity index (χ1) is 12.7. The molecule has 0 radical (unpaired) electrons. The van der Waals surface area contributed by atoms with Crippen molar-refractivity contribution >= 4 is 17.7 Å². The van der Waals surface area contributed by atoms with Gasteiger partial charge in [0.2, 0.25) is 0 Å². The quantitative estimate of drug-likeness (QED) is 0.564. The van der Waals surface area contributed by atoms with Crippen LogP contribution in [-0.2, 0) is 11.8 Å². The second-order valence-corrected chi connectivity index (χ2v) is 5.48. The molecule has 0 bridgehead atoms. The molecule has 3 rings (SSSR count). The van der Waals surface area contributed by atoms with E-state index in [4.69, 9.17) is 4.74 Å². The lowest BCUT2D eigenvalue weighted by atomic mass is 10.2. The van der Waals surface area contributed by atoms with Crippen molar-refractivity contribution in [3.63, 3.8) is 0 Å². The zero-order chi connectivity index (χ0) is 18.4. The number of carbonyl (C=O) groups is 1. The molecule has 2 aromatic carbocycles. The standard InChI is InChI=1S/C20H16N4O2/c1-24-14-15(13-22-24)11-16(12-21)20(25)23-18-9-5-6-10-19(18)26-17-7-3-2-4-8-17/h2-11,13-14H,1H3,(H,23,25)/b16-11+. The van der Waals surface area contributed by atoms with Gasteiger partial charge in [-0.3, -0.25) is 9.48 Å². The summed E-state index contributed by atoms with van der Waals surface area (Å²) in [6.45, 7) is 0. The Balaban J connectivity index is 1.81. The number of nitrogens with one attached hydrogen (secondary N) is 1. The Hall–Kier alpha value is -3.85. The van der Waals surface area contributed by atoms with Crippen molar-refractivity contribution in [3.05, 3.63) is 78.1 Å². The average Bonchev–Trinajstić information content (AvgIpc) is 3.07. The lowest BCUT2D eigenvalue weighted by Crippen LogP contribution is -2.14. The lowest BCUT2D eigenvalue weighted by molar-refractivity contribution is -0.112. The van der Waals surface area contributed by atoms with Gasteiger partial charge in [-0.2, -0.15) is 10.4 Å². The number of carbonyl (C=O) groups excluding carboxylic acids is 1. The average molecular weight is 344 g/mol. The Bertz CT molecular complexity index is 984. The number of hydrogen-bond donors (Lipinski definition) is 1. The fourth-order valence-electron chi connectivity index (χ4n) is 2.29. The second kappa shape index (κ2) is 7.81. The van der Waals surface area contributed by atoms with Gasteiger partial charge < -0.3 is 10.1 Å². The van der Waals surface area contributed by atoms with Crippen LogP contribution in [0.1, 0.15) is 5.56 Å². The normalized spacial score (nSPS) is 10.8. The van der Waals surface area contributed by atoms with E-state index in [1.807, 2.05) is 42.5 Å². The molecular formula is C20H16N4O2. The molecule has 26 heavy (non-hydrogen) atoms. The third-order valence-corrected chi connectivity index (χ3v) is 3.51. The van der Waals surface area contributed by atoms with Crippen LogP contribution in [0.15, 0.2) is 72.6 Å². The van der Waals surface area contributed by atoms with Crippen LogP contribution in [0.4, 0.5) is 5.69 Å². The molecule has 3 aromatic rings. The number of ether oxygens (including phenoxy) is 1. The largest absolute Gasteiger partial charge is 0.455 e. The summed E-state index contributed by atoms with van der Waals surface area (Å²) in [5, 5.41) is 16.1. The van der Waals surface area contributed by atoms with E-state index in [2.05, 4.69) is 10.4 Å². The van der Waals surface area contributed by atoms with Crippen LogP contribution < -0.4 is 10.1 Å². The molecular weight excluding hydrogens is 328 g/mol. The Morgan fingerprint density at radius 3 is 2.62 bits per heavy atom. The minimum Gasteiger partial charge on any atom is -0.455 e. The lowest BCUT2D eigenvalue weighted by Gasteiger charge is -2.11. The highest BCUT2D eigenvalue weighted by Gasteiger charge is 2.13. The van der Waals surface area contributed by atoms with Gasteiger partial charge in [-0.1, -0.05) is 30.3 Å². The summed E-state index contributed by atoms with van der Waals surface area (Å²) in [6.07, 6.45) is 4.79. The van der Waals surface area contributed by atoms with Gasteiger partial charge >= 0.3 is 0 Å². The fourth-order valence-corrected chi connectivity index (χ4v) is 2.29. The first-order valence-electron chi connectivity index (χ1n) is 7.89. The number of para-hydroxylation sites is 3. The van der Waals surface area contributed by atoms with Crippen LogP contribution >= 0.6 is 0 Å². The van der Waals surface area contributed by atoms with Crippen LogP contribution in [0.5, 0.6) is 11.5 Å². The summed E-state index contributed by atoms with van der Waals surface area (Å²) in [6, 6.07) is 18.2. The molecule has 0 aliphatic rings. The van der Waals surface area contributed by atoms with Gasteiger partial charge in [-0.15, -0.1) is 0 Å². The van der Waals surface area contributed by atoms with Crippen molar-refractivity contribution in [2.45, 2.75) is 0 Å². The molecule has 0 fully saturated rings. The van der Waals surface area contributed by atoms with Crippen LogP contribution in [0, 0.1) is 11.3 Å². The summed E-state index contributed by atoms with van der Waals surface area (Å²) in [5.41, 5.74) is 1.13. The molecule has 1 amide bonds. The first kappa shape index (κ1) is 17.0. The van der Waals surface area contributed by atoms with Gasteiger partial charge in [0.05, 0.1) is 11.9 Å². The molecule has 0 saturated heterocycles. The van der Waals surface area contributed by atoms with Crippen molar-refractivity contribution in [1.29, 1.82) is 5.26 Å². The molecule has 0 spiro atoms. The molecule has 6 nitrogen and oxygen atoms in total. The smallest absolute Gasteiger partial charge is 0.266 e. The molecule has 1 N–H and O–H groups in total. The van der Waals surface area contributed by atoms with E-state index in [1.165, 1.54) is 6.08 Å². The number of nitriles is 1. The van der Waals surface area contributed by atoms with Crippen molar-refractivity contribution in [2.24, 2.45) is 7.05 Å². The number of benzene rings is 2. The Kier molecular flexibility index (Phi) is 5.11. The number of rotatable bonds is 5. The minimum atomic E-state index is -0.513. The molecule has 0 aliphatic carbocycles. The summed E-state index contributed by atoms with van der Waals surface area (Å²) in [7, 11) is 1.76. The van der Waals surface area contributed by atoms with E-state index in [1.54, 1.807) is 42.3 Å². The predicted octanol–water partition coefficient (Wildman–Crippen LogP) is 3.76. The van der Waals surface area contributed by atoms with Crippen molar-refractivity contribution in [1.82, 2.24) is 9.78 Å². The zero-order valence-corrected chi connectivity index (χ0v) is 14.1. The van der Waals surface area contributed by atoms with Crippen molar-refractivity contribution in [3.8, 4) is 17.6 Å². The number of amides is 1. The van der Waals surface area contributed by atoms with Crippen molar-refractivity contribution < 1.29 is 9.53 Å². The number of hydrogen-bond acceptors (Lipinski definition) is 4. The van der Waals surface area contributed by atoms with Gasteiger partial charge in [0.15, 0.2) is 5.75 Å². The topological polar surface area (TPSA) is 79.9 Å². The van der Waals surface area contributed by atoms with E-state index in [0.717, 1.165) is 0 Å². The Morgan fingerprint density at radius 2 is 1.92 bits per heavy atom. The summed E-state index contributed by atoms with van der Waals surface area (Å²) in [5.74, 6) is 0.631. The van der Waals surface area contributed by atoms with Crippen LogP contribution in [-0.4, -0.2) is 15.7 Å². The summed E-state index contributed by atoms with van der Waals surface area (Å²) < 4.78 is 7.41. The molecule has 0 atom stereocenters. The predicted molar refractivity (Wildman–Crippen MR) is 98.4 cm³/mol. The highest BCUT2D eigenvalue weighted by Crippen LogP contribution is 2.29. The van der Waals surface area contributed by atoms with Crippen LogP contribution in [0.3, 0.4) is 0 Å². The highest BCUT2D eigenvalue weighted by atomic mass is 16.5. The molecule has 6 heteroatoms. The number of aryl methyl sites for hydroxylation is 1. The van der Waals surface area contributed by atoms with Crippen LogP contribution in [0.25, 0.3) is 6.08 Å². The molecule has 1 aromatic heterocycles. The highest BCUT2D eigenvalue weighted by molar-refractivity contribution is 6.10.